The van der Waals surface area contributed by atoms with Crippen LogP contribution in [0.15, 0.2) is 29.2 Å². The standard InChI is InChI=1S/C13H17NO6S/c1-10-8-19-7-6-14(10)21(17,18)12-4-2-11(3-5-12)20-9-13(15)16/h2-5,10H,6-9H2,1H3,(H,15,16)/t10-/m1/s1. The minimum Gasteiger partial charge on any atom is -0.482 e. The molecule has 7 nitrogen and oxygen atoms in total. The Morgan fingerprint density at radius 2 is 2.10 bits per heavy atom. The predicted octanol–water partition coefficient (Wildman–Crippen LogP) is 0.559. The van der Waals surface area contributed by atoms with Gasteiger partial charge in [-0.25, -0.2) is 13.2 Å². The van der Waals surface area contributed by atoms with Crippen molar-refractivity contribution >= 4 is 16.0 Å². The van der Waals surface area contributed by atoms with Gasteiger partial charge in [-0.15, -0.1) is 0 Å². The molecule has 0 bridgehead atoms. The lowest BCUT2D eigenvalue weighted by atomic mass is 10.3. The van der Waals surface area contributed by atoms with Crippen LogP contribution in [0.5, 0.6) is 5.75 Å². The Hall–Kier alpha value is -1.64. The largest absolute Gasteiger partial charge is 0.482 e. The van der Waals surface area contributed by atoms with Crippen LogP contribution >= 0.6 is 0 Å². The van der Waals surface area contributed by atoms with E-state index < -0.39 is 22.6 Å². The first-order chi connectivity index (χ1) is 9.91. The van der Waals surface area contributed by atoms with Gasteiger partial charge in [0.1, 0.15) is 5.75 Å². The maximum atomic E-state index is 12.5. The zero-order valence-corrected chi connectivity index (χ0v) is 12.4. The molecule has 0 saturated carbocycles. The first kappa shape index (κ1) is 15.7. The van der Waals surface area contributed by atoms with Crippen LogP contribution in [-0.4, -0.2) is 56.2 Å². The number of rotatable bonds is 5. The van der Waals surface area contributed by atoms with Gasteiger partial charge in [0.05, 0.1) is 18.1 Å². The Labute approximate surface area is 123 Å². The van der Waals surface area contributed by atoms with Crippen LogP contribution in [0, 0.1) is 0 Å². The first-order valence-corrected chi connectivity index (χ1v) is 7.89. The highest BCUT2D eigenvalue weighted by molar-refractivity contribution is 7.89. The summed E-state index contributed by atoms with van der Waals surface area (Å²) in [4.78, 5) is 10.6. The minimum absolute atomic E-state index is 0.152. The summed E-state index contributed by atoms with van der Waals surface area (Å²) in [6.45, 7) is 2.40. The molecule has 1 saturated heterocycles. The zero-order valence-electron chi connectivity index (χ0n) is 11.6. The normalized spacial score (nSPS) is 20.1. The molecule has 1 N–H and O–H groups in total. The van der Waals surface area contributed by atoms with E-state index in [1.54, 1.807) is 6.92 Å². The molecule has 1 heterocycles. The molecular weight excluding hydrogens is 298 g/mol. The molecule has 1 fully saturated rings. The highest BCUT2D eigenvalue weighted by Crippen LogP contribution is 2.22. The lowest BCUT2D eigenvalue weighted by molar-refractivity contribution is -0.139. The third-order valence-electron chi connectivity index (χ3n) is 3.10. The van der Waals surface area contributed by atoms with Crippen molar-refractivity contribution in [1.29, 1.82) is 0 Å². The van der Waals surface area contributed by atoms with Gasteiger partial charge in [0.15, 0.2) is 6.61 Å². The fraction of sp³-hybridized carbons (Fsp3) is 0.462. The second kappa shape index (κ2) is 6.42. The molecular formula is C13H17NO6S. The molecule has 21 heavy (non-hydrogen) atoms. The van der Waals surface area contributed by atoms with Crippen LogP contribution in [0.25, 0.3) is 0 Å². The smallest absolute Gasteiger partial charge is 0.341 e. The summed E-state index contributed by atoms with van der Waals surface area (Å²) >= 11 is 0. The topological polar surface area (TPSA) is 93.1 Å². The number of hydrogen-bond donors (Lipinski definition) is 1. The number of sulfonamides is 1. The van der Waals surface area contributed by atoms with E-state index in [4.69, 9.17) is 14.6 Å². The molecule has 0 spiro atoms. The molecule has 1 aliphatic heterocycles. The van der Waals surface area contributed by atoms with Crippen molar-refractivity contribution in [3.05, 3.63) is 24.3 Å². The third kappa shape index (κ3) is 3.72. The van der Waals surface area contributed by atoms with E-state index in [-0.39, 0.29) is 10.9 Å². The fourth-order valence-corrected chi connectivity index (χ4v) is 3.66. The molecule has 1 atom stereocenters. The van der Waals surface area contributed by atoms with Gasteiger partial charge < -0.3 is 14.6 Å². The zero-order chi connectivity index (χ0) is 15.5. The van der Waals surface area contributed by atoms with Crippen LogP contribution in [0.2, 0.25) is 0 Å². The van der Waals surface area contributed by atoms with E-state index in [1.807, 2.05) is 0 Å². The van der Waals surface area contributed by atoms with Crippen molar-refractivity contribution in [3.8, 4) is 5.75 Å². The maximum absolute atomic E-state index is 12.5. The van der Waals surface area contributed by atoms with E-state index in [1.165, 1.54) is 28.6 Å². The Balaban J connectivity index is 2.14. The Morgan fingerprint density at radius 3 is 2.67 bits per heavy atom. The molecule has 0 unspecified atom stereocenters. The summed E-state index contributed by atoms with van der Waals surface area (Å²) in [6.07, 6.45) is 0. The molecule has 0 radical (unpaired) electrons. The number of ether oxygens (including phenoxy) is 2. The highest BCUT2D eigenvalue weighted by atomic mass is 32.2. The second-order valence-electron chi connectivity index (χ2n) is 4.69. The van der Waals surface area contributed by atoms with Crippen molar-refractivity contribution in [2.45, 2.75) is 17.9 Å². The fourth-order valence-electron chi connectivity index (χ4n) is 2.06. The number of hydrogen-bond acceptors (Lipinski definition) is 5. The van der Waals surface area contributed by atoms with Crippen molar-refractivity contribution in [2.75, 3.05) is 26.4 Å². The molecule has 0 aliphatic carbocycles. The molecule has 2 rings (SSSR count). The number of benzene rings is 1. The number of carbonyl (C=O) groups is 1. The molecule has 1 aliphatic rings. The molecule has 1 aromatic carbocycles. The van der Waals surface area contributed by atoms with Gasteiger partial charge in [0.2, 0.25) is 10.0 Å². The lowest BCUT2D eigenvalue weighted by Gasteiger charge is -2.32. The number of carboxylic acid groups (broad SMARTS) is 1. The summed E-state index contributed by atoms with van der Waals surface area (Å²) in [6, 6.07) is 5.50. The van der Waals surface area contributed by atoms with Crippen molar-refractivity contribution in [1.82, 2.24) is 4.31 Å². The van der Waals surface area contributed by atoms with E-state index in [0.717, 1.165) is 0 Å². The SMILES string of the molecule is C[C@@H]1COCCN1S(=O)(=O)c1ccc(OCC(=O)O)cc1. The molecule has 8 heteroatoms. The summed E-state index contributed by atoms with van der Waals surface area (Å²) in [7, 11) is -3.58. The third-order valence-corrected chi connectivity index (χ3v) is 5.13. The summed E-state index contributed by atoms with van der Waals surface area (Å²) in [5.41, 5.74) is 0. The molecule has 1 aromatic rings. The van der Waals surface area contributed by atoms with Gasteiger partial charge in [0.25, 0.3) is 0 Å². The van der Waals surface area contributed by atoms with Gasteiger partial charge in [-0.05, 0) is 31.2 Å². The van der Waals surface area contributed by atoms with Crippen LogP contribution in [0.1, 0.15) is 6.92 Å². The summed E-state index contributed by atoms with van der Waals surface area (Å²) in [5, 5.41) is 8.52. The van der Waals surface area contributed by atoms with Crippen molar-refractivity contribution in [2.24, 2.45) is 0 Å². The highest BCUT2D eigenvalue weighted by Gasteiger charge is 2.31. The predicted molar refractivity (Wildman–Crippen MR) is 73.7 cm³/mol. The van der Waals surface area contributed by atoms with Gasteiger partial charge in [-0.1, -0.05) is 0 Å². The van der Waals surface area contributed by atoms with Crippen LogP contribution in [0.4, 0.5) is 0 Å². The Bertz CT molecular complexity index is 598. The van der Waals surface area contributed by atoms with Gasteiger partial charge in [-0.3, -0.25) is 0 Å². The van der Waals surface area contributed by atoms with Gasteiger partial charge in [0, 0.05) is 12.6 Å². The lowest BCUT2D eigenvalue weighted by Crippen LogP contribution is -2.46. The number of aliphatic carboxylic acids is 1. The van der Waals surface area contributed by atoms with E-state index in [0.29, 0.717) is 25.5 Å². The van der Waals surface area contributed by atoms with E-state index in [2.05, 4.69) is 0 Å². The Kier molecular flexibility index (Phi) is 4.81. The second-order valence-corrected chi connectivity index (χ2v) is 6.58. The average Bonchev–Trinajstić information content (AvgIpc) is 2.46. The van der Waals surface area contributed by atoms with E-state index in [9.17, 15) is 13.2 Å². The van der Waals surface area contributed by atoms with Crippen LogP contribution < -0.4 is 4.74 Å². The van der Waals surface area contributed by atoms with Gasteiger partial charge in [-0.2, -0.15) is 4.31 Å². The summed E-state index contributed by atoms with van der Waals surface area (Å²) < 4.78 is 36.6. The quantitative estimate of drug-likeness (QED) is 0.853. The number of nitrogens with zero attached hydrogens (tertiary/aromatic N) is 1. The average molecular weight is 315 g/mol. The monoisotopic (exact) mass is 315 g/mol. The minimum atomic E-state index is -3.58. The van der Waals surface area contributed by atoms with Crippen LogP contribution in [-0.2, 0) is 19.6 Å². The molecule has 116 valence electrons. The maximum Gasteiger partial charge on any atom is 0.341 e. The number of morpholine rings is 1. The first-order valence-electron chi connectivity index (χ1n) is 6.45. The number of carboxylic acids is 1. The van der Waals surface area contributed by atoms with Gasteiger partial charge >= 0.3 is 5.97 Å². The molecule has 0 aromatic heterocycles. The van der Waals surface area contributed by atoms with Crippen molar-refractivity contribution in [3.63, 3.8) is 0 Å². The van der Waals surface area contributed by atoms with Crippen molar-refractivity contribution < 1.29 is 27.8 Å². The van der Waals surface area contributed by atoms with E-state index >= 15 is 0 Å². The molecule has 0 amide bonds. The van der Waals surface area contributed by atoms with Crippen LogP contribution in [0.3, 0.4) is 0 Å². The summed E-state index contributed by atoms with van der Waals surface area (Å²) in [5.74, 6) is -0.778. The Morgan fingerprint density at radius 1 is 1.43 bits per heavy atom.